The Hall–Kier alpha value is -1.82. The van der Waals surface area contributed by atoms with E-state index in [4.69, 9.17) is 4.74 Å². The van der Waals surface area contributed by atoms with Gasteiger partial charge in [0.15, 0.2) is 0 Å². The summed E-state index contributed by atoms with van der Waals surface area (Å²) >= 11 is 0. The highest BCUT2D eigenvalue weighted by atomic mass is 16.5. The van der Waals surface area contributed by atoms with Crippen LogP contribution < -0.4 is 15.4 Å². The Bertz CT molecular complexity index is 619. The predicted molar refractivity (Wildman–Crippen MR) is 102 cm³/mol. The average molecular weight is 364 g/mol. The quantitative estimate of drug-likeness (QED) is 0.723. The van der Waals surface area contributed by atoms with E-state index in [2.05, 4.69) is 36.4 Å². The molecule has 26 heavy (non-hydrogen) atoms. The Morgan fingerprint density at radius 2 is 1.96 bits per heavy atom. The van der Waals surface area contributed by atoms with Crippen LogP contribution in [0.3, 0.4) is 0 Å². The second kappa shape index (κ2) is 7.82. The third kappa shape index (κ3) is 5.87. The molecule has 146 valence electrons. The molecule has 0 radical (unpaired) electrons. The van der Waals surface area contributed by atoms with Gasteiger partial charge >= 0.3 is 6.03 Å². The topological polar surface area (TPSA) is 83.5 Å². The standard InChI is InChI=1S/C20H33N3O3/c1-19(2,3)12-20(4,5)23-18(25)22-17(13-7-15(24)8-13)14-9-16(26-6)11-21-10-14/h9-11,13,15,17,24H,7-8,12H2,1-6H3,(H2,22,23,25). The number of aliphatic hydroxyl groups is 1. The van der Waals surface area contributed by atoms with Crippen molar-refractivity contribution in [3.05, 3.63) is 24.0 Å². The summed E-state index contributed by atoms with van der Waals surface area (Å²) in [5.41, 5.74) is 0.689. The first-order valence-electron chi connectivity index (χ1n) is 9.25. The molecule has 1 atom stereocenters. The van der Waals surface area contributed by atoms with Crippen LogP contribution in [-0.4, -0.2) is 34.9 Å². The summed E-state index contributed by atoms with van der Waals surface area (Å²) in [6.45, 7) is 10.6. The summed E-state index contributed by atoms with van der Waals surface area (Å²) in [7, 11) is 1.60. The van der Waals surface area contributed by atoms with E-state index in [-0.39, 0.29) is 35.0 Å². The molecule has 2 rings (SSSR count). The van der Waals surface area contributed by atoms with Crippen molar-refractivity contribution >= 4 is 6.03 Å². The van der Waals surface area contributed by atoms with Crippen LogP contribution in [0.4, 0.5) is 4.79 Å². The molecule has 0 saturated heterocycles. The average Bonchev–Trinajstić information content (AvgIpc) is 2.47. The molecule has 0 aliphatic heterocycles. The summed E-state index contributed by atoms with van der Waals surface area (Å²) in [4.78, 5) is 16.9. The number of nitrogens with one attached hydrogen (secondary N) is 2. The number of rotatable bonds is 6. The number of hydrogen-bond acceptors (Lipinski definition) is 4. The van der Waals surface area contributed by atoms with E-state index in [0.717, 1.165) is 12.0 Å². The van der Waals surface area contributed by atoms with E-state index < -0.39 is 0 Å². The summed E-state index contributed by atoms with van der Waals surface area (Å²) in [6, 6.07) is 1.49. The monoisotopic (exact) mass is 363 g/mol. The SMILES string of the molecule is COc1cncc(C(NC(=O)NC(C)(C)CC(C)(C)C)C2CC(O)C2)c1. The normalized spacial score (nSPS) is 21.5. The van der Waals surface area contributed by atoms with Gasteiger partial charge in [-0.3, -0.25) is 4.98 Å². The zero-order valence-corrected chi connectivity index (χ0v) is 16.8. The fourth-order valence-electron chi connectivity index (χ4n) is 3.95. The van der Waals surface area contributed by atoms with Crippen molar-refractivity contribution in [3.8, 4) is 5.75 Å². The molecular formula is C20H33N3O3. The molecule has 1 fully saturated rings. The predicted octanol–water partition coefficient (Wildman–Crippen LogP) is 3.42. The molecule has 1 heterocycles. The maximum Gasteiger partial charge on any atom is 0.315 e. The third-order valence-electron chi connectivity index (χ3n) is 4.66. The van der Waals surface area contributed by atoms with E-state index in [1.54, 1.807) is 19.5 Å². The molecule has 1 aromatic rings. The number of methoxy groups -OCH3 is 1. The molecule has 6 heteroatoms. The molecule has 1 aliphatic rings. The van der Waals surface area contributed by atoms with E-state index in [1.807, 2.05) is 19.9 Å². The number of aliphatic hydroxyl groups excluding tert-OH is 1. The zero-order chi connectivity index (χ0) is 19.5. The molecule has 1 aromatic heterocycles. The van der Waals surface area contributed by atoms with Crippen molar-refractivity contribution in [2.75, 3.05) is 7.11 Å². The number of carbonyl (C=O) groups is 1. The Morgan fingerprint density at radius 1 is 1.31 bits per heavy atom. The first kappa shape index (κ1) is 20.5. The van der Waals surface area contributed by atoms with Gasteiger partial charge in [-0.2, -0.15) is 0 Å². The smallest absolute Gasteiger partial charge is 0.315 e. The van der Waals surface area contributed by atoms with Gasteiger partial charge in [0.2, 0.25) is 0 Å². The van der Waals surface area contributed by atoms with Gasteiger partial charge in [-0.05, 0) is 56.1 Å². The highest BCUT2D eigenvalue weighted by Gasteiger charge is 2.37. The third-order valence-corrected chi connectivity index (χ3v) is 4.66. The van der Waals surface area contributed by atoms with Crippen LogP contribution in [0, 0.1) is 11.3 Å². The minimum atomic E-state index is -0.321. The summed E-state index contributed by atoms with van der Waals surface area (Å²) in [5, 5.41) is 15.9. The van der Waals surface area contributed by atoms with Crippen LogP contribution >= 0.6 is 0 Å². The molecule has 3 N–H and O–H groups in total. The summed E-state index contributed by atoms with van der Waals surface area (Å²) in [5.74, 6) is 0.845. The second-order valence-corrected chi connectivity index (χ2v) is 9.24. The van der Waals surface area contributed by atoms with Crippen LogP contribution in [-0.2, 0) is 0 Å². The van der Waals surface area contributed by atoms with Gasteiger partial charge in [-0.15, -0.1) is 0 Å². The van der Waals surface area contributed by atoms with Gasteiger partial charge in [0.05, 0.1) is 25.5 Å². The lowest BCUT2D eigenvalue weighted by Crippen LogP contribution is -2.52. The van der Waals surface area contributed by atoms with Crippen molar-refractivity contribution in [1.29, 1.82) is 0 Å². The minimum Gasteiger partial charge on any atom is -0.495 e. The molecular weight excluding hydrogens is 330 g/mol. The Morgan fingerprint density at radius 3 is 2.50 bits per heavy atom. The van der Waals surface area contributed by atoms with E-state index in [9.17, 15) is 9.90 Å². The van der Waals surface area contributed by atoms with Crippen molar-refractivity contribution in [3.63, 3.8) is 0 Å². The van der Waals surface area contributed by atoms with Crippen LogP contribution in [0.2, 0.25) is 0 Å². The lowest BCUT2D eigenvalue weighted by Gasteiger charge is -2.39. The molecule has 0 aromatic carbocycles. The van der Waals surface area contributed by atoms with Gasteiger partial charge in [-0.1, -0.05) is 20.8 Å². The number of aromatic nitrogens is 1. The zero-order valence-electron chi connectivity index (χ0n) is 16.8. The van der Waals surface area contributed by atoms with Gasteiger partial charge < -0.3 is 20.5 Å². The number of pyridine rings is 1. The van der Waals surface area contributed by atoms with Crippen molar-refractivity contribution in [2.45, 2.75) is 71.6 Å². The van der Waals surface area contributed by atoms with Crippen LogP contribution in [0.5, 0.6) is 5.75 Å². The van der Waals surface area contributed by atoms with E-state index in [1.165, 1.54) is 0 Å². The number of hydrogen-bond donors (Lipinski definition) is 3. The molecule has 6 nitrogen and oxygen atoms in total. The molecule has 0 spiro atoms. The maximum absolute atomic E-state index is 12.7. The molecule has 1 aliphatic carbocycles. The van der Waals surface area contributed by atoms with Gasteiger partial charge in [0, 0.05) is 11.7 Å². The van der Waals surface area contributed by atoms with Crippen LogP contribution in [0.15, 0.2) is 18.5 Å². The number of carbonyl (C=O) groups excluding carboxylic acids is 1. The minimum absolute atomic E-state index is 0.116. The molecule has 2 amide bonds. The number of urea groups is 1. The highest BCUT2D eigenvalue weighted by Crippen LogP contribution is 2.38. The van der Waals surface area contributed by atoms with Crippen LogP contribution in [0.25, 0.3) is 0 Å². The Balaban J connectivity index is 2.10. The summed E-state index contributed by atoms with van der Waals surface area (Å²) < 4.78 is 5.26. The van der Waals surface area contributed by atoms with Gasteiger partial charge in [-0.25, -0.2) is 4.79 Å². The molecule has 0 bridgehead atoms. The fraction of sp³-hybridized carbons (Fsp3) is 0.700. The number of nitrogens with zero attached hydrogens (tertiary/aromatic N) is 1. The maximum atomic E-state index is 12.7. The first-order chi connectivity index (χ1) is 12.0. The van der Waals surface area contributed by atoms with Gasteiger partial charge in [0.25, 0.3) is 0 Å². The fourth-order valence-corrected chi connectivity index (χ4v) is 3.95. The summed E-state index contributed by atoms with van der Waals surface area (Å²) in [6.07, 6.45) is 5.31. The van der Waals surface area contributed by atoms with Crippen molar-refractivity contribution in [1.82, 2.24) is 15.6 Å². The number of amides is 2. The first-order valence-corrected chi connectivity index (χ1v) is 9.25. The Kier molecular flexibility index (Phi) is 6.17. The highest BCUT2D eigenvalue weighted by molar-refractivity contribution is 5.75. The largest absolute Gasteiger partial charge is 0.495 e. The lowest BCUT2D eigenvalue weighted by atomic mass is 9.75. The van der Waals surface area contributed by atoms with Crippen molar-refractivity contribution < 1.29 is 14.6 Å². The molecule has 1 unspecified atom stereocenters. The number of ether oxygens (including phenoxy) is 1. The Labute approximate surface area is 156 Å². The molecule has 1 saturated carbocycles. The van der Waals surface area contributed by atoms with Crippen molar-refractivity contribution in [2.24, 2.45) is 11.3 Å². The van der Waals surface area contributed by atoms with E-state index >= 15 is 0 Å². The van der Waals surface area contributed by atoms with Gasteiger partial charge in [0.1, 0.15) is 5.75 Å². The van der Waals surface area contributed by atoms with Crippen LogP contribution in [0.1, 0.15) is 65.5 Å². The second-order valence-electron chi connectivity index (χ2n) is 9.24. The van der Waals surface area contributed by atoms with E-state index in [0.29, 0.717) is 18.6 Å². The lowest BCUT2D eigenvalue weighted by molar-refractivity contribution is 0.0256.